The van der Waals surface area contributed by atoms with Crippen LogP contribution in [0.2, 0.25) is 10.0 Å². The summed E-state index contributed by atoms with van der Waals surface area (Å²) in [5, 5.41) is 4.09. The number of nitrogens with one attached hydrogen (secondary N) is 2. The molecule has 1 heterocycles. The molecule has 0 saturated carbocycles. The number of nitrogens with zero attached hydrogens (tertiary/aromatic N) is 2. The molecule has 2 rings (SSSR count). The highest BCUT2D eigenvalue weighted by Gasteiger charge is 2.09. The van der Waals surface area contributed by atoms with Crippen LogP contribution in [0.5, 0.6) is 0 Å². The summed E-state index contributed by atoms with van der Waals surface area (Å²) in [4.78, 5) is 11.2. The van der Waals surface area contributed by atoms with Crippen LogP contribution >= 0.6 is 23.2 Å². The zero-order chi connectivity index (χ0) is 13.7. The Balaban J connectivity index is 2.22. The van der Waals surface area contributed by atoms with Crippen LogP contribution in [0.1, 0.15) is 13.3 Å². The number of hydrogen-bond donors (Lipinski definition) is 2. The van der Waals surface area contributed by atoms with Crippen molar-refractivity contribution in [1.29, 1.82) is 0 Å². The van der Waals surface area contributed by atoms with Gasteiger partial charge in [-0.2, -0.15) is 0 Å². The van der Waals surface area contributed by atoms with Gasteiger partial charge >= 0.3 is 0 Å². The molecule has 0 spiro atoms. The minimum atomic E-state index is 0.542. The first-order chi connectivity index (χ1) is 9.22. The molecule has 19 heavy (non-hydrogen) atoms. The lowest BCUT2D eigenvalue weighted by Crippen LogP contribution is -1.98. The Bertz CT molecular complexity index is 541. The number of hydrogen-bond acceptors (Lipinski definition) is 2. The molecule has 0 amide bonds. The first-order valence-electron chi connectivity index (χ1n) is 5.95. The van der Waals surface area contributed by atoms with E-state index in [2.05, 4.69) is 27.2 Å². The van der Waals surface area contributed by atoms with E-state index < -0.39 is 0 Å². The van der Waals surface area contributed by atoms with Crippen molar-refractivity contribution in [2.45, 2.75) is 13.3 Å². The number of aromatic nitrogens is 2. The fraction of sp³-hybridized carbons (Fsp3) is 0.231. The Morgan fingerprint density at radius 3 is 2.68 bits per heavy atom. The van der Waals surface area contributed by atoms with Gasteiger partial charge in [0.15, 0.2) is 0 Å². The third-order valence-electron chi connectivity index (χ3n) is 2.50. The van der Waals surface area contributed by atoms with Gasteiger partial charge in [-0.3, -0.25) is 4.99 Å². The first-order valence-corrected chi connectivity index (χ1v) is 6.70. The van der Waals surface area contributed by atoms with Crippen LogP contribution in [-0.4, -0.2) is 22.9 Å². The summed E-state index contributed by atoms with van der Waals surface area (Å²) in [6.07, 6.45) is 5.95. The second kappa shape index (κ2) is 6.59. The lowest BCUT2D eigenvalue weighted by molar-refractivity contribution is 0.936. The summed E-state index contributed by atoms with van der Waals surface area (Å²) in [5.74, 6) is 0. The van der Waals surface area contributed by atoms with Crippen molar-refractivity contribution in [2.24, 2.45) is 4.99 Å². The third kappa shape index (κ3) is 3.49. The molecule has 0 unspecified atom stereocenters. The van der Waals surface area contributed by atoms with Crippen molar-refractivity contribution in [1.82, 2.24) is 9.97 Å². The van der Waals surface area contributed by atoms with Gasteiger partial charge in [-0.15, -0.1) is 0 Å². The van der Waals surface area contributed by atoms with E-state index in [1.165, 1.54) is 0 Å². The highest BCUT2D eigenvalue weighted by atomic mass is 35.5. The number of aromatic amines is 1. The largest absolute Gasteiger partial charge is 0.345 e. The van der Waals surface area contributed by atoms with E-state index in [1.807, 2.05) is 12.1 Å². The summed E-state index contributed by atoms with van der Waals surface area (Å²) < 4.78 is 0. The summed E-state index contributed by atoms with van der Waals surface area (Å²) in [6.45, 7) is 2.84. The molecular weight excluding hydrogens is 283 g/mol. The van der Waals surface area contributed by atoms with Crippen LogP contribution in [0.25, 0.3) is 11.3 Å². The maximum absolute atomic E-state index is 6.22. The molecule has 0 fully saturated rings. The fourth-order valence-electron chi connectivity index (χ4n) is 1.58. The van der Waals surface area contributed by atoms with E-state index in [1.54, 1.807) is 18.9 Å². The van der Waals surface area contributed by atoms with Crippen LogP contribution in [0, 0.1) is 0 Å². The minimum absolute atomic E-state index is 0.542. The summed E-state index contributed by atoms with van der Waals surface area (Å²) >= 11 is 12.4. The van der Waals surface area contributed by atoms with Gasteiger partial charge in [-0.05, 0) is 18.6 Å². The highest BCUT2D eigenvalue weighted by Crippen LogP contribution is 2.34. The average Bonchev–Trinajstić information content (AvgIpc) is 2.90. The van der Waals surface area contributed by atoms with Gasteiger partial charge in [-0.25, -0.2) is 4.98 Å². The van der Waals surface area contributed by atoms with Gasteiger partial charge in [0.2, 0.25) is 0 Å². The Labute approximate surface area is 121 Å². The quantitative estimate of drug-likeness (QED) is 0.641. The molecule has 0 atom stereocenters. The van der Waals surface area contributed by atoms with Crippen LogP contribution in [-0.2, 0) is 0 Å². The molecule has 0 saturated heterocycles. The predicted molar refractivity (Wildman–Crippen MR) is 81.3 cm³/mol. The Morgan fingerprint density at radius 1 is 1.37 bits per heavy atom. The Morgan fingerprint density at radius 2 is 2.11 bits per heavy atom. The average molecular weight is 297 g/mol. The van der Waals surface area contributed by atoms with Gasteiger partial charge in [0.1, 0.15) is 0 Å². The second-order valence-corrected chi connectivity index (χ2v) is 4.77. The smallest absolute Gasteiger partial charge is 0.0924 e. The van der Waals surface area contributed by atoms with Crippen LogP contribution < -0.4 is 5.32 Å². The van der Waals surface area contributed by atoms with Gasteiger partial charge in [0.05, 0.1) is 40.3 Å². The maximum Gasteiger partial charge on any atom is 0.0924 e. The molecule has 0 radical (unpaired) electrons. The Kier molecular flexibility index (Phi) is 4.82. The molecule has 4 nitrogen and oxygen atoms in total. The van der Waals surface area contributed by atoms with Gasteiger partial charge in [0, 0.05) is 12.1 Å². The number of halogens is 2. The zero-order valence-electron chi connectivity index (χ0n) is 10.5. The van der Waals surface area contributed by atoms with E-state index in [0.29, 0.717) is 15.7 Å². The third-order valence-corrected chi connectivity index (χ3v) is 3.10. The standard InChI is InChI=1S/C13H14Cl2N4/c1-2-3-16-7-19-13-10(14)4-9(5-11(13)15)12-6-17-8-18-12/h4-8H,2-3H2,1H3,(H,16,19)(H,17,18). The number of rotatable bonds is 5. The molecule has 100 valence electrons. The second-order valence-electron chi connectivity index (χ2n) is 3.96. The number of aliphatic imine (C=N–C) groups is 1. The molecule has 1 aromatic heterocycles. The van der Waals surface area contributed by atoms with Gasteiger partial charge in [0.25, 0.3) is 0 Å². The van der Waals surface area contributed by atoms with Crippen molar-refractivity contribution < 1.29 is 0 Å². The molecule has 2 N–H and O–H groups in total. The van der Waals surface area contributed by atoms with E-state index in [-0.39, 0.29) is 0 Å². The van der Waals surface area contributed by atoms with Crippen molar-refractivity contribution >= 4 is 35.2 Å². The van der Waals surface area contributed by atoms with Crippen molar-refractivity contribution in [3.05, 3.63) is 34.7 Å². The monoisotopic (exact) mass is 296 g/mol. The summed E-state index contributed by atoms with van der Waals surface area (Å²) in [6, 6.07) is 3.66. The summed E-state index contributed by atoms with van der Waals surface area (Å²) in [7, 11) is 0. The maximum atomic E-state index is 6.22. The fourth-order valence-corrected chi connectivity index (χ4v) is 2.18. The van der Waals surface area contributed by atoms with Gasteiger partial charge in [-0.1, -0.05) is 30.1 Å². The lowest BCUT2D eigenvalue weighted by atomic mass is 10.1. The molecule has 6 heteroatoms. The zero-order valence-corrected chi connectivity index (χ0v) is 12.0. The van der Waals surface area contributed by atoms with Crippen LogP contribution in [0.3, 0.4) is 0 Å². The lowest BCUT2D eigenvalue weighted by Gasteiger charge is -2.08. The normalized spacial score (nSPS) is 11.1. The number of anilines is 1. The summed E-state index contributed by atoms with van der Waals surface area (Å²) in [5.41, 5.74) is 2.42. The molecule has 0 bridgehead atoms. The molecule has 2 aromatic rings. The molecule has 0 aliphatic carbocycles. The van der Waals surface area contributed by atoms with Crippen molar-refractivity contribution in [3.8, 4) is 11.3 Å². The van der Waals surface area contributed by atoms with E-state index in [4.69, 9.17) is 23.2 Å². The Hall–Kier alpha value is -1.52. The van der Waals surface area contributed by atoms with Gasteiger partial charge < -0.3 is 10.3 Å². The molecule has 0 aliphatic rings. The topological polar surface area (TPSA) is 53.1 Å². The van der Waals surface area contributed by atoms with Crippen molar-refractivity contribution in [2.75, 3.05) is 11.9 Å². The number of benzene rings is 1. The molecular formula is C13H14Cl2N4. The first kappa shape index (κ1) is 13.9. The van der Waals surface area contributed by atoms with E-state index in [0.717, 1.165) is 24.2 Å². The van der Waals surface area contributed by atoms with Crippen LogP contribution in [0.15, 0.2) is 29.6 Å². The van der Waals surface area contributed by atoms with E-state index in [9.17, 15) is 0 Å². The van der Waals surface area contributed by atoms with Crippen molar-refractivity contribution in [3.63, 3.8) is 0 Å². The van der Waals surface area contributed by atoms with E-state index >= 15 is 0 Å². The molecule has 1 aromatic carbocycles. The molecule has 0 aliphatic heterocycles. The van der Waals surface area contributed by atoms with Crippen LogP contribution in [0.4, 0.5) is 5.69 Å². The number of H-pyrrole nitrogens is 1. The highest BCUT2D eigenvalue weighted by molar-refractivity contribution is 6.40. The SMILES string of the molecule is CCCN=CNc1c(Cl)cc(-c2cnc[nH]2)cc1Cl. The number of imidazole rings is 1. The minimum Gasteiger partial charge on any atom is -0.345 e. The predicted octanol–water partition coefficient (Wildman–Crippen LogP) is 4.23.